The summed E-state index contributed by atoms with van der Waals surface area (Å²) in [7, 11) is 0. The van der Waals surface area contributed by atoms with Crippen LogP contribution in [0.2, 0.25) is 0 Å². The number of rotatable bonds is 3. The summed E-state index contributed by atoms with van der Waals surface area (Å²) < 4.78 is 5.22. The Labute approximate surface area is 130 Å². The zero-order valence-electron chi connectivity index (χ0n) is 13.7. The molecule has 0 aliphatic heterocycles. The fraction of sp³-hybridized carbons (Fsp3) is 0.800. The van der Waals surface area contributed by atoms with Crippen molar-refractivity contribution in [2.75, 3.05) is 0 Å². The maximum Gasteiger partial charge on any atom is 0.315 e. The summed E-state index contributed by atoms with van der Waals surface area (Å²) in [6.07, 6.45) is 2.85. The second-order valence-electron chi connectivity index (χ2n) is 7.05. The molecule has 22 heavy (non-hydrogen) atoms. The maximum absolute atomic E-state index is 12.0. The van der Waals surface area contributed by atoms with E-state index in [2.05, 4.69) is 20.8 Å². The molecule has 0 spiro atoms. The average molecular weight is 310 g/mol. The van der Waals surface area contributed by atoms with E-state index in [1.165, 1.54) is 0 Å². The molecule has 1 aromatic rings. The van der Waals surface area contributed by atoms with Gasteiger partial charge in [0.15, 0.2) is 5.82 Å². The number of amides is 2. The normalized spacial score (nSPS) is 23.9. The molecule has 2 rings (SSSR count). The second kappa shape index (κ2) is 6.64. The highest BCUT2D eigenvalue weighted by molar-refractivity contribution is 5.74. The third-order valence-electron chi connectivity index (χ3n) is 3.86. The molecule has 0 radical (unpaired) electrons. The lowest BCUT2D eigenvalue weighted by Gasteiger charge is -2.26. The first kappa shape index (κ1) is 16.7. The minimum Gasteiger partial charge on any atom is -0.393 e. The van der Waals surface area contributed by atoms with Gasteiger partial charge < -0.3 is 20.3 Å². The smallest absolute Gasteiger partial charge is 0.315 e. The van der Waals surface area contributed by atoms with Gasteiger partial charge in [-0.3, -0.25) is 0 Å². The summed E-state index contributed by atoms with van der Waals surface area (Å²) in [5.41, 5.74) is -0.188. The predicted octanol–water partition coefficient (Wildman–Crippen LogP) is 2.03. The van der Waals surface area contributed by atoms with Gasteiger partial charge in [-0.05, 0) is 32.6 Å². The van der Waals surface area contributed by atoms with Gasteiger partial charge in [0.1, 0.15) is 6.04 Å². The molecule has 1 aliphatic rings. The van der Waals surface area contributed by atoms with Gasteiger partial charge in [-0.15, -0.1) is 0 Å². The van der Waals surface area contributed by atoms with Gasteiger partial charge in [-0.25, -0.2) is 4.79 Å². The van der Waals surface area contributed by atoms with Crippen LogP contribution in [0.4, 0.5) is 4.79 Å². The first-order valence-electron chi connectivity index (χ1n) is 7.85. The van der Waals surface area contributed by atoms with Crippen LogP contribution in [-0.2, 0) is 5.41 Å². The molecule has 2 amide bonds. The number of nitrogens with one attached hydrogen (secondary N) is 2. The van der Waals surface area contributed by atoms with Crippen molar-refractivity contribution in [3.63, 3.8) is 0 Å². The number of carbonyl (C=O) groups excluding carboxylic acids is 1. The Morgan fingerprint density at radius 1 is 1.32 bits per heavy atom. The number of hydrogen-bond donors (Lipinski definition) is 3. The monoisotopic (exact) mass is 310 g/mol. The van der Waals surface area contributed by atoms with Crippen LogP contribution >= 0.6 is 0 Å². The van der Waals surface area contributed by atoms with Crippen molar-refractivity contribution in [1.29, 1.82) is 0 Å². The molecule has 7 nitrogen and oxygen atoms in total. The second-order valence-corrected chi connectivity index (χ2v) is 7.05. The number of nitrogens with zero attached hydrogens (tertiary/aromatic N) is 2. The van der Waals surface area contributed by atoms with Crippen LogP contribution in [0.25, 0.3) is 0 Å². The minimum atomic E-state index is -0.349. The van der Waals surface area contributed by atoms with Crippen molar-refractivity contribution in [2.45, 2.75) is 77.0 Å². The van der Waals surface area contributed by atoms with Gasteiger partial charge in [-0.1, -0.05) is 25.9 Å². The minimum absolute atomic E-state index is 0.114. The molecule has 3 N–H and O–H groups in total. The van der Waals surface area contributed by atoms with Crippen molar-refractivity contribution < 1.29 is 14.4 Å². The van der Waals surface area contributed by atoms with E-state index in [0.29, 0.717) is 11.7 Å². The van der Waals surface area contributed by atoms with Crippen molar-refractivity contribution in [3.05, 3.63) is 11.7 Å². The Bertz CT molecular complexity index is 501. The number of aromatic nitrogens is 2. The molecule has 1 aromatic heterocycles. The maximum atomic E-state index is 12.0. The number of carbonyl (C=O) groups is 1. The molecule has 1 atom stereocenters. The summed E-state index contributed by atoms with van der Waals surface area (Å²) in [4.78, 5) is 16.3. The molecule has 0 bridgehead atoms. The molecule has 7 heteroatoms. The van der Waals surface area contributed by atoms with Gasteiger partial charge in [0.05, 0.1) is 6.10 Å². The number of urea groups is 1. The van der Waals surface area contributed by atoms with Crippen LogP contribution in [0.15, 0.2) is 4.52 Å². The molecular formula is C15H26N4O3. The van der Waals surface area contributed by atoms with E-state index >= 15 is 0 Å². The molecule has 0 aromatic carbocycles. The third kappa shape index (κ3) is 4.43. The Balaban J connectivity index is 1.84. The van der Waals surface area contributed by atoms with Gasteiger partial charge >= 0.3 is 6.03 Å². The predicted molar refractivity (Wildman–Crippen MR) is 81.3 cm³/mol. The Morgan fingerprint density at radius 3 is 2.50 bits per heavy atom. The van der Waals surface area contributed by atoms with E-state index in [-0.39, 0.29) is 29.6 Å². The van der Waals surface area contributed by atoms with Crippen LogP contribution in [0.1, 0.15) is 71.1 Å². The molecule has 1 fully saturated rings. The van der Waals surface area contributed by atoms with E-state index in [1.807, 2.05) is 27.7 Å². The highest BCUT2D eigenvalue weighted by Gasteiger charge is 2.25. The standard InChI is InChI=1S/C15H26N4O3/c1-9(12-18-13(19-22-12)15(2,3)4)16-14(21)17-10-5-7-11(20)8-6-10/h9-11,20H,5-8H2,1-4H3,(H2,16,17,21). The molecule has 1 aliphatic carbocycles. The van der Waals surface area contributed by atoms with Crippen molar-refractivity contribution in [2.24, 2.45) is 0 Å². The zero-order chi connectivity index (χ0) is 16.3. The van der Waals surface area contributed by atoms with E-state index in [0.717, 1.165) is 25.7 Å². The summed E-state index contributed by atoms with van der Waals surface area (Å²) in [5, 5.41) is 19.2. The van der Waals surface area contributed by atoms with Gasteiger partial charge in [0, 0.05) is 11.5 Å². The lowest BCUT2D eigenvalue weighted by atomic mass is 9.93. The lowest BCUT2D eigenvalue weighted by molar-refractivity contribution is 0.117. The largest absolute Gasteiger partial charge is 0.393 e. The Kier molecular flexibility index (Phi) is 5.05. The van der Waals surface area contributed by atoms with E-state index in [9.17, 15) is 9.90 Å². The fourth-order valence-corrected chi connectivity index (χ4v) is 2.42. The van der Waals surface area contributed by atoms with Crippen LogP contribution in [-0.4, -0.2) is 33.4 Å². The molecular weight excluding hydrogens is 284 g/mol. The van der Waals surface area contributed by atoms with Gasteiger partial charge in [0.2, 0.25) is 5.89 Å². The SMILES string of the molecule is CC(NC(=O)NC1CCC(O)CC1)c1nc(C(C)(C)C)no1. The van der Waals surface area contributed by atoms with Crippen LogP contribution in [0.3, 0.4) is 0 Å². The molecule has 1 unspecified atom stereocenters. The first-order valence-corrected chi connectivity index (χ1v) is 7.85. The number of aliphatic hydroxyl groups excluding tert-OH is 1. The van der Waals surface area contributed by atoms with Crippen LogP contribution in [0.5, 0.6) is 0 Å². The van der Waals surface area contributed by atoms with Crippen molar-refractivity contribution in [1.82, 2.24) is 20.8 Å². The highest BCUT2D eigenvalue weighted by atomic mass is 16.5. The topological polar surface area (TPSA) is 100 Å². The zero-order valence-corrected chi connectivity index (χ0v) is 13.7. The van der Waals surface area contributed by atoms with E-state index in [4.69, 9.17) is 4.52 Å². The molecule has 0 saturated heterocycles. The van der Waals surface area contributed by atoms with Crippen molar-refractivity contribution in [3.8, 4) is 0 Å². The molecule has 1 saturated carbocycles. The van der Waals surface area contributed by atoms with Crippen molar-refractivity contribution >= 4 is 6.03 Å². The van der Waals surface area contributed by atoms with E-state index < -0.39 is 0 Å². The first-order chi connectivity index (χ1) is 10.3. The van der Waals surface area contributed by atoms with E-state index in [1.54, 1.807) is 0 Å². The fourth-order valence-electron chi connectivity index (χ4n) is 2.42. The summed E-state index contributed by atoms with van der Waals surface area (Å²) in [5.74, 6) is 1.02. The molecule has 1 heterocycles. The number of hydrogen-bond acceptors (Lipinski definition) is 5. The highest BCUT2D eigenvalue weighted by Crippen LogP contribution is 2.21. The van der Waals surface area contributed by atoms with Gasteiger partial charge in [-0.2, -0.15) is 4.98 Å². The quantitative estimate of drug-likeness (QED) is 0.793. The third-order valence-corrected chi connectivity index (χ3v) is 3.86. The Hall–Kier alpha value is -1.63. The molecule has 124 valence electrons. The average Bonchev–Trinajstić information content (AvgIpc) is 2.91. The van der Waals surface area contributed by atoms with Gasteiger partial charge in [0.25, 0.3) is 0 Å². The van der Waals surface area contributed by atoms with Crippen LogP contribution in [0, 0.1) is 0 Å². The summed E-state index contributed by atoms with van der Waals surface area (Å²) >= 11 is 0. The summed E-state index contributed by atoms with van der Waals surface area (Å²) in [6.45, 7) is 7.82. The van der Waals surface area contributed by atoms with Crippen LogP contribution < -0.4 is 10.6 Å². The Morgan fingerprint density at radius 2 is 1.95 bits per heavy atom. The lowest BCUT2D eigenvalue weighted by Crippen LogP contribution is -2.44. The summed E-state index contributed by atoms with van der Waals surface area (Å²) in [6, 6.07) is -0.481. The number of aliphatic hydroxyl groups is 1.